The van der Waals surface area contributed by atoms with Gasteiger partial charge in [0.25, 0.3) is 0 Å². The Morgan fingerprint density at radius 1 is 1.29 bits per heavy atom. The predicted octanol–water partition coefficient (Wildman–Crippen LogP) is 1.11. The van der Waals surface area contributed by atoms with Crippen molar-refractivity contribution in [1.29, 1.82) is 0 Å². The van der Waals surface area contributed by atoms with E-state index in [9.17, 15) is 9.59 Å². The van der Waals surface area contributed by atoms with Crippen LogP contribution in [0, 0.1) is 6.92 Å². The van der Waals surface area contributed by atoms with Gasteiger partial charge in [0.15, 0.2) is 6.04 Å². The van der Waals surface area contributed by atoms with Gasteiger partial charge in [0, 0.05) is 11.1 Å². The number of fused-ring (bicyclic) bond motifs is 1. The zero-order valence-corrected chi connectivity index (χ0v) is 11.3. The number of para-hydroxylation sites is 1. The van der Waals surface area contributed by atoms with Gasteiger partial charge < -0.3 is 20.8 Å². The Hall–Kier alpha value is -2.67. The molecule has 0 saturated carbocycles. The van der Waals surface area contributed by atoms with Gasteiger partial charge in [0.2, 0.25) is 0 Å². The number of nitrogens with zero attached hydrogens (tertiary/aromatic N) is 1. The van der Waals surface area contributed by atoms with Crippen molar-refractivity contribution in [3.05, 3.63) is 36.0 Å². The minimum absolute atomic E-state index is 0.468. The van der Waals surface area contributed by atoms with Crippen molar-refractivity contribution in [2.75, 3.05) is 11.9 Å². The van der Waals surface area contributed by atoms with E-state index in [1.54, 1.807) is 12.1 Å². The fraction of sp³-hybridized carbons (Fsp3) is 0.214. The summed E-state index contributed by atoms with van der Waals surface area (Å²) in [5, 5.41) is 23.2. The molecule has 4 N–H and O–H groups in total. The SMILES string of the molecule is Cc1ccc2cccc(NC(=O)N[C@H](CO)C(=O)O)c2n1. The molecule has 7 nitrogen and oxygen atoms in total. The van der Waals surface area contributed by atoms with Crippen LogP contribution in [0.25, 0.3) is 10.9 Å². The molecule has 0 aliphatic rings. The maximum atomic E-state index is 11.8. The number of aliphatic hydroxyl groups excluding tert-OH is 1. The van der Waals surface area contributed by atoms with E-state index in [0.29, 0.717) is 11.2 Å². The highest BCUT2D eigenvalue weighted by atomic mass is 16.4. The van der Waals surface area contributed by atoms with E-state index in [4.69, 9.17) is 10.2 Å². The van der Waals surface area contributed by atoms with E-state index in [-0.39, 0.29) is 0 Å². The first-order chi connectivity index (χ1) is 10.0. The minimum atomic E-state index is -1.35. The van der Waals surface area contributed by atoms with Crippen LogP contribution in [0.3, 0.4) is 0 Å². The molecule has 0 fully saturated rings. The van der Waals surface area contributed by atoms with E-state index in [2.05, 4.69) is 15.6 Å². The molecule has 0 unspecified atom stereocenters. The van der Waals surface area contributed by atoms with Crippen LogP contribution in [0.5, 0.6) is 0 Å². The van der Waals surface area contributed by atoms with Gasteiger partial charge in [-0.05, 0) is 19.1 Å². The Morgan fingerprint density at radius 3 is 2.71 bits per heavy atom. The molecule has 1 atom stereocenters. The average molecular weight is 289 g/mol. The number of rotatable bonds is 4. The van der Waals surface area contributed by atoms with Crippen LogP contribution in [-0.4, -0.2) is 39.8 Å². The minimum Gasteiger partial charge on any atom is -0.480 e. The molecule has 21 heavy (non-hydrogen) atoms. The largest absolute Gasteiger partial charge is 0.480 e. The van der Waals surface area contributed by atoms with Crippen LogP contribution >= 0.6 is 0 Å². The molecular formula is C14H15N3O4. The number of nitrogens with one attached hydrogen (secondary N) is 2. The highest BCUT2D eigenvalue weighted by molar-refractivity contribution is 6.00. The van der Waals surface area contributed by atoms with Gasteiger partial charge >= 0.3 is 12.0 Å². The number of carboxylic acid groups (broad SMARTS) is 1. The number of carboxylic acids is 1. The smallest absolute Gasteiger partial charge is 0.328 e. The Kier molecular flexibility index (Phi) is 4.34. The summed E-state index contributed by atoms with van der Waals surface area (Å²) in [7, 11) is 0. The Bertz CT molecular complexity index is 687. The molecule has 2 rings (SSSR count). The van der Waals surface area contributed by atoms with Gasteiger partial charge in [-0.25, -0.2) is 9.59 Å². The maximum absolute atomic E-state index is 11.8. The van der Waals surface area contributed by atoms with Gasteiger partial charge in [0.05, 0.1) is 17.8 Å². The molecule has 110 valence electrons. The quantitative estimate of drug-likeness (QED) is 0.673. The molecule has 0 aliphatic heterocycles. The third-order valence-electron chi connectivity index (χ3n) is 2.89. The molecular weight excluding hydrogens is 274 g/mol. The van der Waals surface area contributed by atoms with Gasteiger partial charge in [-0.15, -0.1) is 0 Å². The highest BCUT2D eigenvalue weighted by Crippen LogP contribution is 2.21. The predicted molar refractivity (Wildman–Crippen MR) is 77.1 cm³/mol. The van der Waals surface area contributed by atoms with Gasteiger partial charge in [-0.2, -0.15) is 0 Å². The van der Waals surface area contributed by atoms with Crippen molar-refractivity contribution in [3.8, 4) is 0 Å². The van der Waals surface area contributed by atoms with Gasteiger partial charge in [-0.3, -0.25) is 4.98 Å². The first kappa shape index (κ1) is 14.7. The summed E-state index contributed by atoms with van der Waals surface area (Å²) < 4.78 is 0. The Balaban J connectivity index is 2.21. The third-order valence-corrected chi connectivity index (χ3v) is 2.89. The van der Waals surface area contributed by atoms with Crippen molar-refractivity contribution in [3.63, 3.8) is 0 Å². The molecule has 7 heteroatoms. The summed E-state index contributed by atoms with van der Waals surface area (Å²) in [6.45, 7) is 1.15. The van der Waals surface area contributed by atoms with E-state index in [1.807, 2.05) is 25.1 Å². The van der Waals surface area contributed by atoms with Crippen molar-refractivity contribution in [1.82, 2.24) is 10.3 Å². The molecule has 0 bridgehead atoms. The summed E-state index contributed by atoms with van der Waals surface area (Å²) in [5.74, 6) is -1.31. The van der Waals surface area contributed by atoms with Crippen LogP contribution in [0.1, 0.15) is 5.69 Å². The first-order valence-corrected chi connectivity index (χ1v) is 6.29. The number of anilines is 1. The second-order valence-corrected chi connectivity index (χ2v) is 4.50. The number of urea groups is 1. The van der Waals surface area contributed by atoms with Crippen LogP contribution in [0.15, 0.2) is 30.3 Å². The molecule has 0 radical (unpaired) electrons. The van der Waals surface area contributed by atoms with Crippen molar-refractivity contribution < 1.29 is 19.8 Å². The summed E-state index contributed by atoms with van der Waals surface area (Å²) >= 11 is 0. The number of aliphatic carboxylic acids is 1. The number of hydrogen-bond donors (Lipinski definition) is 4. The number of amides is 2. The van der Waals surface area contributed by atoms with E-state index < -0.39 is 24.6 Å². The second-order valence-electron chi connectivity index (χ2n) is 4.50. The summed E-state index contributed by atoms with van der Waals surface area (Å²) in [6.07, 6.45) is 0. The molecule has 0 saturated heterocycles. The van der Waals surface area contributed by atoms with E-state index >= 15 is 0 Å². The number of pyridine rings is 1. The number of aryl methyl sites for hydroxylation is 1. The van der Waals surface area contributed by atoms with Crippen molar-refractivity contribution in [2.45, 2.75) is 13.0 Å². The summed E-state index contributed by atoms with van der Waals surface area (Å²) in [5.41, 5.74) is 1.88. The number of aliphatic hydroxyl groups is 1. The first-order valence-electron chi connectivity index (χ1n) is 6.29. The lowest BCUT2D eigenvalue weighted by atomic mass is 10.2. The molecule has 2 amide bonds. The van der Waals surface area contributed by atoms with Crippen LogP contribution in [0.4, 0.5) is 10.5 Å². The Morgan fingerprint density at radius 2 is 2.05 bits per heavy atom. The monoisotopic (exact) mass is 289 g/mol. The lowest BCUT2D eigenvalue weighted by Gasteiger charge is -2.13. The number of benzene rings is 1. The topological polar surface area (TPSA) is 112 Å². The number of carbonyl (C=O) groups excluding carboxylic acids is 1. The second kappa shape index (κ2) is 6.19. The average Bonchev–Trinajstić information content (AvgIpc) is 2.45. The van der Waals surface area contributed by atoms with E-state index in [1.165, 1.54) is 0 Å². The van der Waals surface area contributed by atoms with Crippen LogP contribution in [0.2, 0.25) is 0 Å². The standard InChI is InChI=1S/C14H15N3O4/c1-8-5-6-9-3-2-4-10(12(9)15-8)16-14(21)17-11(7-18)13(19)20/h2-6,11,18H,7H2,1H3,(H,19,20)(H2,16,17,21)/t11-/m1/s1. The number of aromatic nitrogens is 1. The lowest BCUT2D eigenvalue weighted by molar-refractivity contribution is -0.140. The fourth-order valence-corrected chi connectivity index (χ4v) is 1.85. The summed E-state index contributed by atoms with van der Waals surface area (Å²) in [4.78, 5) is 26.9. The van der Waals surface area contributed by atoms with Gasteiger partial charge in [-0.1, -0.05) is 18.2 Å². The molecule has 0 spiro atoms. The van der Waals surface area contributed by atoms with Gasteiger partial charge in [0.1, 0.15) is 0 Å². The van der Waals surface area contributed by atoms with Crippen molar-refractivity contribution in [2.24, 2.45) is 0 Å². The zero-order valence-electron chi connectivity index (χ0n) is 11.3. The zero-order chi connectivity index (χ0) is 15.4. The molecule has 0 aliphatic carbocycles. The molecule has 1 aromatic heterocycles. The fourth-order valence-electron chi connectivity index (χ4n) is 1.85. The highest BCUT2D eigenvalue weighted by Gasteiger charge is 2.19. The number of hydrogen-bond acceptors (Lipinski definition) is 4. The van der Waals surface area contributed by atoms with E-state index in [0.717, 1.165) is 11.1 Å². The summed E-state index contributed by atoms with van der Waals surface area (Å²) in [6, 6.07) is 6.96. The molecule has 1 aromatic carbocycles. The maximum Gasteiger partial charge on any atom is 0.328 e. The van der Waals surface area contributed by atoms with Crippen molar-refractivity contribution >= 4 is 28.6 Å². The van der Waals surface area contributed by atoms with Crippen LogP contribution < -0.4 is 10.6 Å². The Labute approximate surface area is 120 Å². The normalized spacial score (nSPS) is 11.9. The molecule has 2 aromatic rings. The lowest BCUT2D eigenvalue weighted by Crippen LogP contribution is -2.45. The third kappa shape index (κ3) is 3.46. The molecule has 1 heterocycles. The number of carbonyl (C=O) groups is 2. The van der Waals surface area contributed by atoms with Crippen LogP contribution in [-0.2, 0) is 4.79 Å².